The van der Waals surface area contributed by atoms with E-state index in [-0.39, 0.29) is 16.9 Å². The zero-order valence-corrected chi connectivity index (χ0v) is 17.8. The Kier molecular flexibility index (Phi) is 5.31. The highest BCUT2D eigenvalue weighted by atomic mass is 16.5. The summed E-state index contributed by atoms with van der Waals surface area (Å²) in [6.07, 6.45) is 7.02. The van der Waals surface area contributed by atoms with E-state index in [1.54, 1.807) is 0 Å². The average Bonchev–Trinajstić information content (AvgIpc) is 3.47. The van der Waals surface area contributed by atoms with Gasteiger partial charge < -0.3 is 15.0 Å². The van der Waals surface area contributed by atoms with Gasteiger partial charge in [0.1, 0.15) is 0 Å². The Bertz CT molecular complexity index is 776. The molecule has 0 radical (unpaired) electrons. The van der Waals surface area contributed by atoms with Crippen molar-refractivity contribution >= 4 is 11.8 Å². The van der Waals surface area contributed by atoms with Crippen LogP contribution in [-0.2, 0) is 19.7 Å². The van der Waals surface area contributed by atoms with Crippen molar-refractivity contribution in [2.75, 3.05) is 39.4 Å². The number of amides is 2. The molecular formula is C24H33N3O3. The van der Waals surface area contributed by atoms with Crippen molar-refractivity contribution in [3.05, 3.63) is 35.9 Å². The third kappa shape index (κ3) is 3.34. The molecule has 3 aliphatic heterocycles. The molecule has 162 valence electrons. The van der Waals surface area contributed by atoms with E-state index in [2.05, 4.69) is 39.4 Å². The molecule has 3 saturated heterocycles. The minimum Gasteiger partial charge on any atom is -0.379 e. The summed E-state index contributed by atoms with van der Waals surface area (Å²) < 4.78 is 5.73. The minimum atomic E-state index is -0.334. The van der Waals surface area contributed by atoms with E-state index in [4.69, 9.17) is 4.74 Å². The van der Waals surface area contributed by atoms with Gasteiger partial charge in [-0.25, -0.2) is 0 Å². The normalized spacial score (nSPS) is 30.0. The van der Waals surface area contributed by atoms with Gasteiger partial charge in [0.25, 0.3) is 0 Å². The molecule has 6 heteroatoms. The second-order valence-electron chi connectivity index (χ2n) is 9.61. The topological polar surface area (TPSA) is 61.9 Å². The molecule has 0 aromatic heterocycles. The molecule has 30 heavy (non-hydrogen) atoms. The number of carbonyl (C=O) groups is 2. The smallest absolute Gasteiger partial charge is 0.234 e. The molecule has 1 aliphatic carbocycles. The fourth-order valence-electron chi connectivity index (χ4n) is 6.27. The number of nitrogens with one attached hydrogen (secondary N) is 1. The number of hydrogen-bond acceptors (Lipinski definition) is 4. The molecule has 0 bridgehead atoms. The third-order valence-corrected chi connectivity index (χ3v) is 8.01. The molecule has 2 amide bonds. The van der Waals surface area contributed by atoms with Crippen molar-refractivity contribution in [3.8, 4) is 0 Å². The summed E-state index contributed by atoms with van der Waals surface area (Å²) in [5.41, 5.74) is 0.797. The van der Waals surface area contributed by atoms with E-state index in [9.17, 15) is 9.59 Å². The van der Waals surface area contributed by atoms with Gasteiger partial charge in [0.15, 0.2) is 0 Å². The standard InChI is InChI=1S/C24H33N3O3/c28-21-16-27(23(17-25-21)12-15-30-18-23)20-8-13-26(14-9-20)22(29)24(10-4-5-11-24)19-6-2-1-3-7-19/h1-3,6-7,20H,4-5,8-18H2,(H,25,28). The molecule has 1 unspecified atom stereocenters. The van der Waals surface area contributed by atoms with E-state index in [0.717, 1.165) is 64.6 Å². The fourth-order valence-corrected chi connectivity index (χ4v) is 6.27. The van der Waals surface area contributed by atoms with E-state index >= 15 is 0 Å². The van der Waals surface area contributed by atoms with Crippen molar-refractivity contribution in [1.29, 1.82) is 0 Å². The summed E-state index contributed by atoms with van der Waals surface area (Å²) in [6, 6.07) is 10.7. The highest BCUT2D eigenvalue weighted by Crippen LogP contribution is 2.43. The fraction of sp³-hybridized carbons (Fsp3) is 0.667. The van der Waals surface area contributed by atoms with Crippen LogP contribution in [0.5, 0.6) is 0 Å². The zero-order chi connectivity index (χ0) is 20.6. The van der Waals surface area contributed by atoms with E-state index in [1.807, 2.05) is 6.07 Å². The maximum Gasteiger partial charge on any atom is 0.234 e. The third-order valence-electron chi connectivity index (χ3n) is 8.01. The molecule has 1 aromatic carbocycles. The molecule has 1 atom stereocenters. The van der Waals surface area contributed by atoms with Crippen molar-refractivity contribution in [2.24, 2.45) is 0 Å². The Balaban J connectivity index is 1.29. The Labute approximate surface area is 178 Å². The summed E-state index contributed by atoms with van der Waals surface area (Å²) in [6.45, 7) is 4.17. The number of benzene rings is 1. The number of rotatable bonds is 3. The van der Waals surface area contributed by atoms with Gasteiger partial charge in [0.2, 0.25) is 11.8 Å². The van der Waals surface area contributed by atoms with Crippen molar-refractivity contribution in [3.63, 3.8) is 0 Å². The maximum atomic E-state index is 13.7. The van der Waals surface area contributed by atoms with Gasteiger partial charge in [-0.1, -0.05) is 43.2 Å². The lowest BCUT2D eigenvalue weighted by Crippen LogP contribution is -2.67. The summed E-state index contributed by atoms with van der Waals surface area (Å²) in [7, 11) is 0. The number of likely N-dealkylation sites (tertiary alicyclic amines) is 1. The number of piperazine rings is 1. The van der Waals surface area contributed by atoms with Crippen LogP contribution in [-0.4, -0.2) is 72.6 Å². The van der Waals surface area contributed by atoms with Crippen molar-refractivity contribution in [2.45, 2.75) is 61.9 Å². The number of carbonyl (C=O) groups excluding carboxylic acids is 2. The summed E-state index contributed by atoms with van der Waals surface area (Å²) in [4.78, 5) is 30.4. The molecule has 3 heterocycles. The van der Waals surface area contributed by atoms with E-state index in [1.165, 1.54) is 5.56 Å². The van der Waals surface area contributed by atoms with Gasteiger partial charge in [-0.2, -0.15) is 0 Å². The lowest BCUT2D eigenvalue weighted by atomic mass is 9.77. The predicted octanol–water partition coefficient (Wildman–Crippen LogP) is 2.08. The number of piperidine rings is 1. The van der Waals surface area contributed by atoms with Crippen LogP contribution in [0.1, 0.15) is 50.5 Å². The summed E-state index contributed by atoms with van der Waals surface area (Å²) >= 11 is 0. The molecule has 6 nitrogen and oxygen atoms in total. The highest BCUT2D eigenvalue weighted by Gasteiger charge is 2.49. The second kappa shape index (κ2) is 7.97. The van der Waals surface area contributed by atoms with Crippen molar-refractivity contribution in [1.82, 2.24) is 15.1 Å². The van der Waals surface area contributed by atoms with Gasteiger partial charge in [0, 0.05) is 32.3 Å². The quantitative estimate of drug-likeness (QED) is 0.827. The first-order valence-corrected chi connectivity index (χ1v) is 11.6. The number of ether oxygens (including phenoxy) is 1. The Morgan fingerprint density at radius 1 is 1.07 bits per heavy atom. The summed E-state index contributed by atoms with van der Waals surface area (Å²) in [5.74, 6) is 0.431. The van der Waals surface area contributed by atoms with Crippen LogP contribution >= 0.6 is 0 Å². The van der Waals surface area contributed by atoms with E-state index in [0.29, 0.717) is 31.6 Å². The first-order valence-electron chi connectivity index (χ1n) is 11.6. The SMILES string of the molecule is O=C1CN(C2CCN(C(=O)C3(c4ccccc4)CCCC3)CC2)C2(CCOC2)CN1. The lowest BCUT2D eigenvalue weighted by Gasteiger charge is -2.50. The van der Waals surface area contributed by atoms with Crippen LogP contribution in [0.15, 0.2) is 30.3 Å². The summed E-state index contributed by atoms with van der Waals surface area (Å²) in [5, 5.41) is 3.05. The maximum absolute atomic E-state index is 13.7. The van der Waals surface area contributed by atoms with Gasteiger partial charge in [-0.05, 0) is 37.7 Å². The van der Waals surface area contributed by atoms with Crippen LogP contribution in [0.25, 0.3) is 0 Å². The van der Waals surface area contributed by atoms with Crippen LogP contribution in [0.4, 0.5) is 0 Å². The second-order valence-corrected chi connectivity index (χ2v) is 9.61. The minimum absolute atomic E-state index is 0.0541. The molecule has 1 N–H and O–H groups in total. The Hall–Kier alpha value is -1.92. The highest BCUT2D eigenvalue weighted by molar-refractivity contribution is 5.88. The molecule has 4 aliphatic rings. The molecule has 4 fully saturated rings. The number of hydrogen-bond donors (Lipinski definition) is 1. The first kappa shape index (κ1) is 20.0. The molecule has 5 rings (SSSR count). The Morgan fingerprint density at radius 3 is 2.47 bits per heavy atom. The van der Waals surface area contributed by atoms with Gasteiger partial charge in [-0.15, -0.1) is 0 Å². The van der Waals surface area contributed by atoms with Crippen LogP contribution < -0.4 is 5.32 Å². The van der Waals surface area contributed by atoms with Crippen LogP contribution in [0, 0.1) is 0 Å². The van der Waals surface area contributed by atoms with E-state index < -0.39 is 0 Å². The first-order chi connectivity index (χ1) is 14.6. The lowest BCUT2D eigenvalue weighted by molar-refractivity contribution is -0.141. The van der Waals surface area contributed by atoms with Crippen molar-refractivity contribution < 1.29 is 14.3 Å². The van der Waals surface area contributed by atoms with Gasteiger partial charge >= 0.3 is 0 Å². The molecule has 1 saturated carbocycles. The largest absolute Gasteiger partial charge is 0.379 e. The predicted molar refractivity (Wildman–Crippen MR) is 114 cm³/mol. The molecular weight excluding hydrogens is 378 g/mol. The molecule has 1 spiro atoms. The number of nitrogens with zero attached hydrogens (tertiary/aromatic N) is 2. The van der Waals surface area contributed by atoms with Crippen LogP contribution in [0.3, 0.4) is 0 Å². The van der Waals surface area contributed by atoms with Gasteiger partial charge in [-0.3, -0.25) is 14.5 Å². The Morgan fingerprint density at radius 2 is 1.80 bits per heavy atom. The zero-order valence-electron chi connectivity index (χ0n) is 17.8. The average molecular weight is 412 g/mol. The monoisotopic (exact) mass is 411 g/mol. The van der Waals surface area contributed by atoms with Gasteiger partial charge in [0.05, 0.1) is 24.1 Å². The molecule has 1 aromatic rings. The van der Waals surface area contributed by atoms with Crippen LogP contribution in [0.2, 0.25) is 0 Å².